The van der Waals surface area contributed by atoms with Gasteiger partial charge in [0.25, 0.3) is 0 Å². The highest BCUT2D eigenvalue weighted by Gasteiger charge is 2.18. The predicted octanol–water partition coefficient (Wildman–Crippen LogP) is 1.72. The second kappa shape index (κ2) is 7.17. The number of sulfonamides is 1. The van der Waals surface area contributed by atoms with Crippen molar-refractivity contribution in [1.82, 2.24) is 23.9 Å². The van der Waals surface area contributed by atoms with Crippen LogP contribution in [0.5, 0.6) is 0 Å². The molecule has 8 nitrogen and oxygen atoms in total. The van der Waals surface area contributed by atoms with Crippen LogP contribution in [0, 0.1) is 6.92 Å². The summed E-state index contributed by atoms with van der Waals surface area (Å²) >= 11 is 0. The van der Waals surface area contributed by atoms with Crippen LogP contribution in [0.4, 0.5) is 0 Å². The largest absolute Gasteiger partial charge is 0.350 e. The molecular formula is C19H19N5O3S. The topological polar surface area (TPSA) is 98.4 Å². The maximum absolute atomic E-state index is 12.7. The van der Waals surface area contributed by atoms with E-state index in [-0.39, 0.29) is 17.1 Å². The number of para-hydroxylation sites is 1. The molecule has 4 rings (SSSR count). The van der Waals surface area contributed by atoms with E-state index in [2.05, 4.69) is 14.8 Å². The van der Waals surface area contributed by atoms with Gasteiger partial charge >= 0.3 is 5.69 Å². The number of hydrogen-bond acceptors (Lipinski definition) is 5. The summed E-state index contributed by atoms with van der Waals surface area (Å²) in [4.78, 5) is 16.7. The van der Waals surface area contributed by atoms with E-state index in [1.165, 1.54) is 9.08 Å². The number of aromatic nitrogens is 4. The molecule has 0 fully saturated rings. The number of fused-ring (bicyclic) bond motifs is 2. The van der Waals surface area contributed by atoms with Crippen molar-refractivity contribution in [3.05, 3.63) is 70.9 Å². The van der Waals surface area contributed by atoms with Gasteiger partial charge in [0, 0.05) is 30.9 Å². The van der Waals surface area contributed by atoms with Crippen LogP contribution in [0.2, 0.25) is 0 Å². The number of aryl methyl sites for hydroxylation is 2. The van der Waals surface area contributed by atoms with E-state index in [1.54, 1.807) is 42.7 Å². The molecule has 3 heterocycles. The maximum Gasteiger partial charge on any atom is 0.350 e. The van der Waals surface area contributed by atoms with Crippen LogP contribution < -0.4 is 10.4 Å². The Morgan fingerprint density at radius 2 is 2.00 bits per heavy atom. The Labute approximate surface area is 161 Å². The van der Waals surface area contributed by atoms with Gasteiger partial charge in [0.2, 0.25) is 10.0 Å². The van der Waals surface area contributed by atoms with Crippen molar-refractivity contribution in [2.45, 2.75) is 24.8 Å². The van der Waals surface area contributed by atoms with Crippen LogP contribution in [0.15, 0.2) is 64.5 Å². The van der Waals surface area contributed by atoms with Gasteiger partial charge < -0.3 is 0 Å². The van der Waals surface area contributed by atoms with E-state index < -0.39 is 10.0 Å². The van der Waals surface area contributed by atoms with Crippen LogP contribution in [-0.4, -0.2) is 34.1 Å². The molecule has 0 saturated heterocycles. The molecule has 0 bridgehead atoms. The van der Waals surface area contributed by atoms with Crippen molar-refractivity contribution in [1.29, 1.82) is 0 Å². The van der Waals surface area contributed by atoms with Gasteiger partial charge in [0.1, 0.15) is 4.90 Å². The zero-order valence-electron chi connectivity index (χ0n) is 15.2. The lowest BCUT2D eigenvalue weighted by Gasteiger charge is -2.09. The van der Waals surface area contributed by atoms with Gasteiger partial charge in [-0.25, -0.2) is 22.6 Å². The lowest BCUT2D eigenvalue weighted by molar-refractivity contribution is 0.543. The van der Waals surface area contributed by atoms with Crippen LogP contribution >= 0.6 is 0 Å². The second-order valence-electron chi connectivity index (χ2n) is 6.53. The van der Waals surface area contributed by atoms with Gasteiger partial charge in [-0.15, -0.1) is 5.10 Å². The van der Waals surface area contributed by atoms with Gasteiger partial charge in [0.05, 0.1) is 5.52 Å². The molecule has 0 saturated carbocycles. The highest BCUT2D eigenvalue weighted by molar-refractivity contribution is 7.89. The molecule has 1 aromatic carbocycles. The fourth-order valence-electron chi connectivity index (χ4n) is 3.09. The summed E-state index contributed by atoms with van der Waals surface area (Å²) in [6.07, 6.45) is 3.73. The fourth-order valence-corrected chi connectivity index (χ4v) is 4.34. The Morgan fingerprint density at radius 3 is 2.82 bits per heavy atom. The number of rotatable bonds is 6. The zero-order chi connectivity index (χ0) is 19.7. The standard InChI is InChI=1S/C19H19N5O3S/c1-14-12-15-6-4-7-16(18(15)20-13-14)28(26,27)21-9-5-11-24-19(25)23-10-3-2-8-17(23)22-24/h2-4,6-8,10,12-13,21H,5,9,11H2,1H3. The summed E-state index contributed by atoms with van der Waals surface area (Å²) in [6, 6.07) is 12.3. The molecule has 28 heavy (non-hydrogen) atoms. The van der Waals surface area contributed by atoms with Crippen molar-refractivity contribution in [3.63, 3.8) is 0 Å². The fraction of sp³-hybridized carbons (Fsp3) is 0.211. The van der Waals surface area contributed by atoms with E-state index in [9.17, 15) is 13.2 Å². The highest BCUT2D eigenvalue weighted by atomic mass is 32.2. The lowest BCUT2D eigenvalue weighted by Crippen LogP contribution is -2.28. The molecule has 0 atom stereocenters. The first-order chi connectivity index (χ1) is 13.5. The third kappa shape index (κ3) is 3.41. The Morgan fingerprint density at radius 1 is 1.14 bits per heavy atom. The molecule has 144 valence electrons. The van der Waals surface area contributed by atoms with E-state index >= 15 is 0 Å². The maximum atomic E-state index is 12.7. The van der Waals surface area contributed by atoms with Crippen molar-refractivity contribution in [2.24, 2.45) is 0 Å². The Hall–Kier alpha value is -3.04. The monoisotopic (exact) mass is 397 g/mol. The molecule has 0 radical (unpaired) electrons. The summed E-state index contributed by atoms with van der Waals surface area (Å²) in [5.41, 5.74) is 1.72. The Bertz CT molecular complexity index is 1320. The number of benzene rings is 1. The van der Waals surface area contributed by atoms with Gasteiger partial charge in [0.15, 0.2) is 5.65 Å². The number of nitrogens with one attached hydrogen (secondary N) is 1. The van der Waals surface area contributed by atoms with Crippen LogP contribution in [0.1, 0.15) is 12.0 Å². The molecule has 0 unspecified atom stereocenters. The minimum atomic E-state index is -3.71. The molecule has 1 N–H and O–H groups in total. The average Bonchev–Trinajstić information content (AvgIpc) is 3.00. The molecule has 9 heteroatoms. The van der Waals surface area contributed by atoms with E-state index in [4.69, 9.17) is 0 Å². The molecule has 0 amide bonds. The quantitative estimate of drug-likeness (QED) is 0.500. The first kappa shape index (κ1) is 18.3. The number of hydrogen-bond donors (Lipinski definition) is 1. The second-order valence-corrected chi connectivity index (χ2v) is 8.26. The summed E-state index contributed by atoms with van der Waals surface area (Å²) in [5, 5.41) is 5.01. The van der Waals surface area contributed by atoms with Crippen LogP contribution in [-0.2, 0) is 16.6 Å². The molecule has 0 aliphatic carbocycles. The minimum absolute atomic E-state index is 0.148. The minimum Gasteiger partial charge on any atom is -0.255 e. The van der Waals surface area contributed by atoms with E-state index in [0.29, 0.717) is 24.1 Å². The lowest BCUT2D eigenvalue weighted by atomic mass is 10.2. The smallest absolute Gasteiger partial charge is 0.255 e. The van der Waals surface area contributed by atoms with Gasteiger partial charge in [-0.05, 0) is 43.2 Å². The normalized spacial score (nSPS) is 12.0. The third-order valence-electron chi connectivity index (χ3n) is 4.43. The molecule has 0 aliphatic heterocycles. The van der Waals surface area contributed by atoms with Crippen molar-refractivity contribution in [2.75, 3.05) is 6.54 Å². The number of pyridine rings is 2. The molecule has 4 aromatic rings. The summed E-state index contributed by atoms with van der Waals surface area (Å²) in [5.74, 6) is 0. The zero-order valence-corrected chi connectivity index (χ0v) is 16.1. The van der Waals surface area contributed by atoms with Crippen molar-refractivity contribution >= 4 is 26.6 Å². The summed E-state index contributed by atoms with van der Waals surface area (Å²) in [7, 11) is -3.71. The van der Waals surface area contributed by atoms with Gasteiger partial charge in [-0.3, -0.25) is 9.38 Å². The summed E-state index contributed by atoms with van der Waals surface area (Å²) in [6.45, 7) is 2.41. The van der Waals surface area contributed by atoms with Crippen molar-refractivity contribution in [3.8, 4) is 0 Å². The summed E-state index contributed by atoms with van der Waals surface area (Å²) < 4.78 is 30.8. The molecular weight excluding hydrogens is 378 g/mol. The molecule has 0 spiro atoms. The third-order valence-corrected chi connectivity index (χ3v) is 5.92. The molecule has 3 aromatic heterocycles. The van der Waals surface area contributed by atoms with Gasteiger partial charge in [-0.2, -0.15) is 0 Å². The van der Waals surface area contributed by atoms with Crippen LogP contribution in [0.3, 0.4) is 0 Å². The van der Waals surface area contributed by atoms with Crippen molar-refractivity contribution < 1.29 is 8.42 Å². The van der Waals surface area contributed by atoms with Crippen LogP contribution in [0.25, 0.3) is 16.6 Å². The predicted molar refractivity (Wildman–Crippen MR) is 106 cm³/mol. The van der Waals surface area contributed by atoms with E-state index in [1.807, 2.05) is 19.1 Å². The molecule has 0 aliphatic rings. The first-order valence-electron chi connectivity index (χ1n) is 8.85. The van der Waals surface area contributed by atoms with Gasteiger partial charge in [-0.1, -0.05) is 18.2 Å². The Balaban J connectivity index is 1.47. The highest BCUT2D eigenvalue weighted by Crippen LogP contribution is 2.21. The number of nitrogens with zero attached hydrogens (tertiary/aromatic N) is 4. The van der Waals surface area contributed by atoms with E-state index in [0.717, 1.165) is 10.9 Å². The average molecular weight is 397 g/mol. The first-order valence-corrected chi connectivity index (χ1v) is 10.3. The SMILES string of the molecule is Cc1cnc2c(S(=O)(=O)NCCCn3nc4ccccn4c3=O)cccc2c1. The Kier molecular flexibility index (Phi) is 4.70.